The molecule has 0 aliphatic heterocycles. The van der Waals surface area contributed by atoms with Crippen molar-refractivity contribution in [2.24, 2.45) is 0 Å². The number of hydrogen-bond acceptors (Lipinski definition) is 0. The maximum absolute atomic E-state index is 13.5. The summed E-state index contributed by atoms with van der Waals surface area (Å²) in [6.07, 6.45) is 0.567. The number of fused-ring (bicyclic) bond motifs is 3. The van der Waals surface area contributed by atoms with Crippen molar-refractivity contribution in [3.8, 4) is 11.1 Å². The Labute approximate surface area is 86.2 Å². The average molecular weight is 202 g/mol. The number of hydrogen-bond donors (Lipinski definition) is 0. The van der Waals surface area contributed by atoms with Crippen molar-refractivity contribution in [2.45, 2.75) is 6.42 Å². The number of halogens is 2. The van der Waals surface area contributed by atoms with Gasteiger partial charge in [0.15, 0.2) is 0 Å². The molecule has 2 aromatic rings. The maximum Gasteiger partial charge on any atom is 0.130 e. The molecule has 1 aliphatic carbocycles. The van der Waals surface area contributed by atoms with Crippen molar-refractivity contribution in [3.63, 3.8) is 0 Å². The molecule has 0 spiro atoms. The SMILES string of the molecule is Fc1cc(F)c2c(c1)-c1ccccc1C2. The van der Waals surface area contributed by atoms with Gasteiger partial charge in [-0.2, -0.15) is 0 Å². The molecule has 3 rings (SSSR count). The van der Waals surface area contributed by atoms with Crippen LogP contribution in [0.1, 0.15) is 11.1 Å². The largest absolute Gasteiger partial charge is 0.207 e. The summed E-state index contributed by atoms with van der Waals surface area (Å²) in [4.78, 5) is 0. The van der Waals surface area contributed by atoms with Gasteiger partial charge in [0, 0.05) is 18.1 Å². The predicted molar refractivity (Wildman–Crippen MR) is 54.6 cm³/mol. The Hall–Kier alpha value is -1.70. The second-order valence-corrected chi connectivity index (χ2v) is 3.75. The lowest BCUT2D eigenvalue weighted by atomic mass is 10.1. The van der Waals surface area contributed by atoms with Crippen LogP contribution in [0, 0.1) is 11.6 Å². The predicted octanol–water partition coefficient (Wildman–Crippen LogP) is 3.54. The van der Waals surface area contributed by atoms with Gasteiger partial charge < -0.3 is 0 Å². The van der Waals surface area contributed by atoms with E-state index < -0.39 is 11.6 Å². The maximum atomic E-state index is 13.5. The highest BCUT2D eigenvalue weighted by atomic mass is 19.1. The summed E-state index contributed by atoms with van der Waals surface area (Å²) >= 11 is 0. The zero-order valence-electron chi connectivity index (χ0n) is 7.93. The lowest BCUT2D eigenvalue weighted by Crippen LogP contribution is -1.89. The van der Waals surface area contributed by atoms with Crippen molar-refractivity contribution < 1.29 is 8.78 Å². The molecule has 0 saturated carbocycles. The molecule has 0 amide bonds. The third-order valence-electron chi connectivity index (χ3n) is 2.84. The summed E-state index contributed by atoms with van der Waals surface area (Å²) in [6.45, 7) is 0. The second kappa shape index (κ2) is 2.89. The monoisotopic (exact) mass is 202 g/mol. The van der Waals surface area contributed by atoms with Crippen molar-refractivity contribution in [1.82, 2.24) is 0 Å². The third-order valence-corrected chi connectivity index (χ3v) is 2.84. The molecule has 0 atom stereocenters. The minimum atomic E-state index is -0.511. The summed E-state index contributed by atoms with van der Waals surface area (Å²) in [5.41, 5.74) is 3.32. The lowest BCUT2D eigenvalue weighted by molar-refractivity contribution is 0.577. The summed E-state index contributed by atoms with van der Waals surface area (Å²) < 4.78 is 26.6. The summed E-state index contributed by atoms with van der Waals surface area (Å²) in [5.74, 6) is -0.954. The molecule has 0 nitrogen and oxygen atoms in total. The smallest absolute Gasteiger partial charge is 0.130 e. The van der Waals surface area contributed by atoms with Gasteiger partial charge in [-0.1, -0.05) is 24.3 Å². The Bertz CT molecular complexity index is 544. The lowest BCUT2D eigenvalue weighted by Gasteiger charge is -2.01. The summed E-state index contributed by atoms with van der Waals surface area (Å²) in [6, 6.07) is 10.0. The summed E-state index contributed by atoms with van der Waals surface area (Å²) in [7, 11) is 0. The van der Waals surface area contributed by atoms with Gasteiger partial charge in [-0.05, 0) is 22.8 Å². The Balaban J connectivity index is 2.33. The molecule has 15 heavy (non-hydrogen) atoms. The molecule has 0 saturated heterocycles. The first-order valence-corrected chi connectivity index (χ1v) is 4.82. The van der Waals surface area contributed by atoms with Crippen LogP contribution >= 0.6 is 0 Å². The van der Waals surface area contributed by atoms with Gasteiger partial charge in [0.05, 0.1) is 0 Å². The average Bonchev–Trinajstić information content (AvgIpc) is 2.57. The molecule has 1 aliphatic rings. The van der Waals surface area contributed by atoms with E-state index in [1.165, 1.54) is 6.07 Å². The van der Waals surface area contributed by atoms with Gasteiger partial charge >= 0.3 is 0 Å². The van der Waals surface area contributed by atoms with E-state index in [4.69, 9.17) is 0 Å². The molecule has 2 aromatic carbocycles. The molecule has 2 heteroatoms. The van der Waals surface area contributed by atoms with E-state index >= 15 is 0 Å². The quantitative estimate of drug-likeness (QED) is 0.523. The molecule has 0 bridgehead atoms. The fraction of sp³-hybridized carbons (Fsp3) is 0.0769. The van der Waals surface area contributed by atoms with Crippen molar-refractivity contribution in [1.29, 1.82) is 0 Å². The highest BCUT2D eigenvalue weighted by Gasteiger charge is 2.21. The molecule has 0 radical (unpaired) electrons. The van der Waals surface area contributed by atoms with Crippen LogP contribution in [0.4, 0.5) is 8.78 Å². The van der Waals surface area contributed by atoms with Gasteiger partial charge in [-0.25, -0.2) is 8.78 Å². The fourth-order valence-corrected chi connectivity index (χ4v) is 2.15. The molecular formula is C13H8F2. The first-order chi connectivity index (χ1) is 7.25. The Morgan fingerprint density at radius 1 is 0.933 bits per heavy atom. The highest BCUT2D eigenvalue weighted by molar-refractivity contribution is 5.76. The van der Waals surface area contributed by atoms with Crippen molar-refractivity contribution >= 4 is 0 Å². The second-order valence-electron chi connectivity index (χ2n) is 3.75. The van der Waals surface area contributed by atoms with Gasteiger partial charge in [0.1, 0.15) is 11.6 Å². The zero-order chi connectivity index (χ0) is 10.4. The van der Waals surface area contributed by atoms with E-state index in [0.29, 0.717) is 17.5 Å². The van der Waals surface area contributed by atoms with E-state index in [1.807, 2.05) is 24.3 Å². The standard InChI is InChI=1S/C13H8F2/c14-9-6-11-10-4-2-1-3-8(10)5-12(11)13(15)7-9/h1-4,6-7H,5H2. The van der Waals surface area contributed by atoms with Crippen LogP contribution < -0.4 is 0 Å². The normalized spacial score (nSPS) is 12.4. The Morgan fingerprint density at radius 3 is 2.60 bits per heavy atom. The minimum absolute atomic E-state index is 0.443. The van der Waals surface area contributed by atoms with Crippen molar-refractivity contribution in [3.05, 3.63) is 59.2 Å². The Kier molecular flexibility index (Phi) is 1.66. The number of benzene rings is 2. The Morgan fingerprint density at radius 2 is 1.73 bits per heavy atom. The van der Waals surface area contributed by atoms with E-state index in [-0.39, 0.29) is 0 Å². The van der Waals surface area contributed by atoms with Crippen LogP contribution in [0.5, 0.6) is 0 Å². The molecule has 0 aromatic heterocycles. The highest BCUT2D eigenvalue weighted by Crippen LogP contribution is 2.37. The first kappa shape index (κ1) is 8.60. The zero-order valence-corrected chi connectivity index (χ0v) is 7.93. The molecule has 0 heterocycles. The van der Waals surface area contributed by atoms with E-state index in [1.54, 1.807) is 0 Å². The third kappa shape index (κ3) is 1.18. The minimum Gasteiger partial charge on any atom is -0.207 e. The molecule has 0 fully saturated rings. The summed E-state index contributed by atoms with van der Waals surface area (Å²) in [5, 5.41) is 0. The molecule has 74 valence electrons. The van der Waals surface area contributed by atoms with Crippen LogP contribution in [-0.4, -0.2) is 0 Å². The van der Waals surface area contributed by atoms with Gasteiger partial charge in [-0.15, -0.1) is 0 Å². The van der Waals surface area contributed by atoms with Crippen LogP contribution in [-0.2, 0) is 6.42 Å². The van der Waals surface area contributed by atoms with Crippen LogP contribution in [0.25, 0.3) is 11.1 Å². The van der Waals surface area contributed by atoms with Crippen LogP contribution in [0.3, 0.4) is 0 Å². The van der Waals surface area contributed by atoms with Crippen LogP contribution in [0.2, 0.25) is 0 Å². The molecular weight excluding hydrogens is 194 g/mol. The van der Waals surface area contributed by atoms with Gasteiger partial charge in [-0.3, -0.25) is 0 Å². The number of rotatable bonds is 0. The van der Waals surface area contributed by atoms with Gasteiger partial charge in [0.25, 0.3) is 0 Å². The van der Waals surface area contributed by atoms with E-state index in [0.717, 1.165) is 17.2 Å². The van der Waals surface area contributed by atoms with Gasteiger partial charge in [0.2, 0.25) is 0 Å². The van der Waals surface area contributed by atoms with Crippen LogP contribution in [0.15, 0.2) is 36.4 Å². The fourth-order valence-electron chi connectivity index (χ4n) is 2.15. The van der Waals surface area contributed by atoms with E-state index in [2.05, 4.69) is 0 Å². The van der Waals surface area contributed by atoms with Crippen molar-refractivity contribution in [2.75, 3.05) is 0 Å². The first-order valence-electron chi connectivity index (χ1n) is 4.82. The topological polar surface area (TPSA) is 0 Å². The molecule has 0 unspecified atom stereocenters. The molecule has 0 N–H and O–H groups in total. The van der Waals surface area contributed by atoms with E-state index in [9.17, 15) is 8.78 Å².